The number of carbonyl (C=O) groups excluding carboxylic acids is 2. The molecule has 0 amide bonds. The van der Waals surface area contributed by atoms with Crippen LogP contribution < -0.4 is 0 Å². The molecule has 0 aliphatic heterocycles. The van der Waals surface area contributed by atoms with Gasteiger partial charge in [-0.25, -0.2) is 0 Å². The molecule has 0 saturated heterocycles. The van der Waals surface area contributed by atoms with Crippen molar-refractivity contribution in [3.63, 3.8) is 0 Å². The van der Waals surface area contributed by atoms with E-state index in [-0.39, 0.29) is 25.2 Å². The minimum Gasteiger partial charge on any atom is -0.462 e. The Bertz CT molecular complexity index is 731. The lowest BCUT2D eigenvalue weighted by Crippen LogP contribution is -2.30. The number of hydrogen-bond acceptors (Lipinski definition) is 5. The van der Waals surface area contributed by atoms with Crippen LogP contribution >= 0.6 is 0 Å². The quantitative estimate of drug-likeness (QED) is 0.0370. The molecule has 5 nitrogen and oxygen atoms in total. The molecule has 0 fully saturated rings. The molecule has 0 aliphatic rings. The summed E-state index contributed by atoms with van der Waals surface area (Å²) in [7, 11) is 0. The van der Waals surface area contributed by atoms with Gasteiger partial charge in [0.1, 0.15) is 6.61 Å². The van der Waals surface area contributed by atoms with Crippen molar-refractivity contribution in [1.29, 1.82) is 0 Å². The monoisotopic (exact) mass is 677 g/mol. The summed E-state index contributed by atoms with van der Waals surface area (Å²) in [5.74, 6) is -0.410. The number of carbonyl (C=O) groups is 2. The van der Waals surface area contributed by atoms with Gasteiger partial charge in [0.25, 0.3) is 0 Å². The smallest absolute Gasteiger partial charge is 0.306 e. The maximum Gasteiger partial charge on any atom is 0.306 e. The Morgan fingerprint density at radius 2 is 0.875 bits per heavy atom. The highest BCUT2D eigenvalue weighted by atomic mass is 16.6. The van der Waals surface area contributed by atoms with E-state index < -0.39 is 6.10 Å². The Kier molecular flexibility index (Phi) is 38.5. The zero-order chi connectivity index (χ0) is 35.0. The zero-order valence-electron chi connectivity index (χ0n) is 32.3. The molecule has 0 saturated carbocycles. The fourth-order valence-electron chi connectivity index (χ4n) is 5.83. The Morgan fingerprint density at radius 3 is 1.42 bits per heavy atom. The molecule has 0 spiro atoms. The molecule has 0 N–H and O–H groups in total. The number of allylic oxidation sites excluding steroid dienone is 4. The van der Waals surface area contributed by atoms with E-state index in [1.165, 1.54) is 128 Å². The van der Waals surface area contributed by atoms with Gasteiger partial charge in [-0.15, -0.1) is 0 Å². The predicted molar refractivity (Wildman–Crippen MR) is 205 cm³/mol. The van der Waals surface area contributed by atoms with E-state index in [0.717, 1.165) is 51.4 Å². The highest BCUT2D eigenvalue weighted by Gasteiger charge is 2.17. The van der Waals surface area contributed by atoms with Gasteiger partial charge >= 0.3 is 11.9 Å². The number of ether oxygens (including phenoxy) is 3. The van der Waals surface area contributed by atoms with Crippen LogP contribution in [-0.4, -0.2) is 37.9 Å². The Labute approximate surface area is 298 Å². The minimum atomic E-state index is -0.529. The van der Waals surface area contributed by atoms with Gasteiger partial charge in [-0.1, -0.05) is 173 Å². The Balaban J connectivity index is 4.08. The summed E-state index contributed by atoms with van der Waals surface area (Å²) in [5.41, 5.74) is 0. The second-order valence-corrected chi connectivity index (χ2v) is 13.9. The largest absolute Gasteiger partial charge is 0.462 e. The van der Waals surface area contributed by atoms with Crippen molar-refractivity contribution in [2.24, 2.45) is 0 Å². The lowest BCUT2D eigenvalue weighted by Gasteiger charge is -2.18. The van der Waals surface area contributed by atoms with Gasteiger partial charge < -0.3 is 14.2 Å². The van der Waals surface area contributed by atoms with Crippen molar-refractivity contribution in [3.8, 4) is 0 Å². The van der Waals surface area contributed by atoms with Gasteiger partial charge in [0.05, 0.1) is 6.61 Å². The summed E-state index contributed by atoms with van der Waals surface area (Å²) in [6.07, 6.45) is 43.3. The van der Waals surface area contributed by atoms with Crippen LogP contribution in [0.25, 0.3) is 0 Å². The van der Waals surface area contributed by atoms with E-state index in [0.29, 0.717) is 19.4 Å². The molecule has 282 valence electrons. The van der Waals surface area contributed by atoms with E-state index in [2.05, 4.69) is 45.1 Å². The second-order valence-electron chi connectivity index (χ2n) is 13.9. The van der Waals surface area contributed by atoms with Crippen LogP contribution in [0.5, 0.6) is 0 Å². The molecule has 0 aliphatic carbocycles. The molecular weight excluding hydrogens is 596 g/mol. The van der Waals surface area contributed by atoms with Crippen molar-refractivity contribution < 1.29 is 23.8 Å². The van der Waals surface area contributed by atoms with Crippen LogP contribution in [0.4, 0.5) is 0 Å². The average molecular weight is 677 g/mol. The van der Waals surface area contributed by atoms with Crippen molar-refractivity contribution in [2.45, 2.75) is 219 Å². The van der Waals surface area contributed by atoms with Crippen molar-refractivity contribution in [2.75, 3.05) is 19.8 Å². The first-order chi connectivity index (χ1) is 23.6. The number of esters is 2. The maximum atomic E-state index is 12.5. The van der Waals surface area contributed by atoms with Crippen LogP contribution in [0.3, 0.4) is 0 Å². The van der Waals surface area contributed by atoms with Crippen molar-refractivity contribution in [1.82, 2.24) is 0 Å². The number of rotatable bonds is 38. The predicted octanol–water partition coefficient (Wildman–Crippen LogP) is 13.3. The van der Waals surface area contributed by atoms with E-state index in [9.17, 15) is 9.59 Å². The molecule has 0 heterocycles. The third kappa shape index (κ3) is 37.2. The SMILES string of the molecule is CCCCC/C=C\C/C=C\CCCCCCCCOCC(COC(=O)CCCCCCCCCCCCC)OC(=O)CCCCCCC. The first-order valence-corrected chi connectivity index (χ1v) is 20.9. The lowest BCUT2D eigenvalue weighted by molar-refractivity contribution is -0.163. The van der Waals surface area contributed by atoms with Gasteiger partial charge in [-0.3, -0.25) is 9.59 Å². The third-order valence-electron chi connectivity index (χ3n) is 8.99. The molecule has 1 atom stereocenters. The number of unbranched alkanes of at least 4 members (excludes halogenated alkanes) is 23. The summed E-state index contributed by atoms with van der Waals surface area (Å²) >= 11 is 0. The van der Waals surface area contributed by atoms with Gasteiger partial charge in [0, 0.05) is 19.4 Å². The zero-order valence-corrected chi connectivity index (χ0v) is 32.3. The second kappa shape index (κ2) is 39.8. The van der Waals surface area contributed by atoms with Crippen LogP contribution in [-0.2, 0) is 23.8 Å². The molecule has 48 heavy (non-hydrogen) atoms. The van der Waals surface area contributed by atoms with Crippen LogP contribution in [0.1, 0.15) is 213 Å². The molecule has 0 rings (SSSR count). The molecule has 0 radical (unpaired) electrons. The van der Waals surface area contributed by atoms with Crippen molar-refractivity contribution >= 4 is 11.9 Å². The van der Waals surface area contributed by atoms with Gasteiger partial charge in [-0.05, 0) is 51.4 Å². The summed E-state index contributed by atoms with van der Waals surface area (Å²) in [6.45, 7) is 7.71. The van der Waals surface area contributed by atoms with Gasteiger partial charge in [-0.2, -0.15) is 0 Å². The molecule has 0 aromatic carbocycles. The van der Waals surface area contributed by atoms with Gasteiger partial charge in [0.15, 0.2) is 6.10 Å². The fourth-order valence-corrected chi connectivity index (χ4v) is 5.83. The van der Waals surface area contributed by atoms with Gasteiger partial charge in [0.2, 0.25) is 0 Å². The normalized spacial score (nSPS) is 12.3. The molecule has 0 aromatic heterocycles. The average Bonchev–Trinajstić information content (AvgIpc) is 3.08. The molecular formula is C43H80O5. The fraction of sp³-hybridized carbons (Fsp3) is 0.860. The van der Waals surface area contributed by atoms with E-state index >= 15 is 0 Å². The van der Waals surface area contributed by atoms with E-state index in [1.54, 1.807) is 0 Å². The summed E-state index contributed by atoms with van der Waals surface area (Å²) in [5, 5.41) is 0. The summed E-state index contributed by atoms with van der Waals surface area (Å²) < 4.78 is 17.1. The summed E-state index contributed by atoms with van der Waals surface area (Å²) in [6, 6.07) is 0. The van der Waals surface area contributed by atoms with E-state index in [1.807, 2.05) is 0 Å². The van der Waals surface area contributed by atoms with Crippen LogP contribution in [0.15, 0.2) is 24.3 Å². The topological polar surface area (TPSA) is 61.8 Å². The summed E-state index contributed by atoms with van der Waals surface area (Å²) in [4.78, 5) is 24.9. The lowest BCUT2D eigenvalue weighted by atomic mass is 10.1. The third-order valence-corrected chi connectivity index (χ3v) is 8.99. The molecule has 0 aromatic rings. The molecule has 5 heteroatoms. The number of hydrogen-bond donors (Lipinski definition) is 0. The van der Waals surface area contributed by atoms with Crippen molar-refractivity contribution in [3.05, 3.63) is 24.3 Å². The molecule has 0 bridgehead atoms. The Hall–Kier alpha value is -1.62. The first-order valence-electron chi connectivity index (χ1n) is 20.9. The molecule has 1 unspecified atom stereocenters. The highest BCUT2D eigenvalue weighted by molar-refractivity contribution is 5.70. The standard InChI is InChI=1S/C43H80O5/c1-4-7-10-13-15-17-19-20-21-22-23-25-27-29-32-35-38-46-39-41(48-43(45)37-34-30-12-9-6-3)40-47-42(44)36-33-31-28-26-24-18-16-14-11-8-5-2/h15,17,20-21,41H,4-14,16,18-19,22-40H2,1-3H3/b17-15-,21-20-. The highest BCUT2D eigenvalue weighted by Crippen LogP contribution is 2.13. The van der Waals surface area contributed by atoms with E-state index in [4.69, 9.17) is 14.2 Å². The Morgan fingerprint density at radius 1 is 0.458 bits per heavy atom. The van der Waals surface area contributed by atoms with Crippen LogP contribution in [0.2, 0.25) is 0 Å². The first kappa shape index (κ1) is 46.4. The minimum absolute atomic E-state index is 0.0854. The van der Waals surface area contributed by atoms with Crippen LogP contribution in [0, 0.1) is 0 Å². The maximum absolute atomic E-state index is 12.5.